The minimum absolute atomic E-state index is 0.426. The molecule has 2 N–H and O–H groups in total. The first kappa shape index (κ1) is 15.7. The Morgan fingerprint density at radius 2 is 1.94 bits per heavy atom. The zero-order valence-electron chi connectivity index (χ0n) is 10.0. The summed E-state index contributed by atoms with van der Waals surface area (Å²) in [6, 6.07) is 5.31. The van der Waals surface area contributed by atoms with Crippen molar-refractivity contribution < 1.29 is 8.42 Å². The predicted molar refractivity (Wildman–Crippen MR) is 75.6 cm³/mol. The van der Waals surface area contributed by atoms with Gasteiger partial charge in [0, 0.05) is 23.1 Å². The van der Waals surface area contributed by atoms with Crippen LogP contribution in [0.2, 0.25) is 10.0 Å². The van der Waals surface area contributed by atoms with Crippen molar-refractivity contribution in [1.82, 2.24) is 10.0 Å². The number of rotatable bonds is 7. The second-order valence-corrected chi connectivity index (χ2v) is 6.61. The average molecular weight is 311 g/mol. The lowest BCUT2D eigenvalue weighted by molar-refractivity contribution is 0.579. The maximum atomic E-state index is 10.8. The number of halogens is 2. The summed E-state index contributed by atoms with van der Waals surface area (Å²) in [5.41, 5.74) is 0.931. The lowest BCUT2D eigenvalue weighted by Crippen LogP contribution is -2.26. The maximum absolute atomic E-state index is 10.8. The summed E-state index contributed by atoms with van der Waals surface area (Å²) in [4.78, 5) is 0. The largest absolute Gasteiger partial charge is 0.313 e. The van der Waals surface area contributed by atoms with Crippen molar-refractivity contribution in [3.63, 3.8) is 0 Å². The molecule has 0 aromatic heterocycles. The van der Waals surface area contributed by atoms with E-state index in [-0.39, 0.29) is 0 Å². The Labute approximate surface area is 118 Å². The van der Waals surface area contributed by atoms with E-state index in [2.05, 4.69) is 10.0 Å². The van der Waals surface area contributed by atoms with E-state index in [1.807, 2.05) is 6.07 Å². The molecule has 0 fully saturated rings. The molecule has 0 unspecified atom stereocenters. The van der Waals surface area contributed by atoms with E-state index in [4.69, 9.17) is 23.2 Å². The van der Waals surface area contributed by atoms with Crippen molar-refractivity contribution in [1.29, 1.82) is 0 Å². The quantitative estimate of drug-likeness (QED) is 0.758. The van der Waals surface area contributed by atoms with Crippen molar-refractivity contribution >= 4 is 33.2 Å². The zero-order valence-corrected chi connectivity index (χ0v) is 12.4. The van der Waals surface area contributed by atoms with Gasteiger partial charge in [-0.05, 0) is 36.7 Å². The number of benzene rings is 1. The highest BCUT2D eigenvalue weighted by molar-refractivity contribution is 7.88. The first-order chi connectivity index (χ1) is 8.38. The molecular formula is C11H16Cl2N2O2S. The molecule has 0 heterocycles. The van der Waals surface area contributed by atoms with Gasteiger partial charge in [0.2, 0.25) is 10.0 Å². The van der Waals surface area contributed by atoms with Gasteiger partial charge in [-0.15, -0.1) is 0 Å². The molecule has 0 aliphatic rings. The highest BCUT2D eigenvalue weighted by Gasteiger charge is 2.01. The summed E-state index contributed by atoms with van der Waals surface area (Å²) in [5, 5.41) is 4.49. The van der Waals surface area contributed by atoms with Crippen molar-refractivity contribution in [3.8, 4) is 0 Å². The molecule has 7 heteroatoms. The van der Waals surface area contributed by atoms with E-state index >= 15 is 0 Å². The normalized spacial score (nSPS) is 11.7. The molecule has 0 saturated heterocycles. The molecule has 18 heavy (non-hydrogen) atoms. The summed E-state index contributed by atoms with van der Waals surface area (Å²) in [6.07, 6.45) is 1.86. The third-order valence-electron chi connectivity index (χ3n) is 2.22. The van der Waals surface area contributed by atoms with Crippen LogP contribution >= 0.6 is 23.2 Å². The lowest BCUT2D eigenvalue weighted by atomic mass is 10.2. The van der Waals surface area contributed by atoms with Gasteiger partial charge < -0.3 is 5.32 Å². The minimum atomic E-state index is -3.09. The van der Waals surface area contributed by atoms with Gasteiger partial charge in [0.25, 0.3) is 0 Å². The van der Waals surface area contributed by atoms with Crippen molar-refractivity contribution in [2.45, 2.75) is 13.0 Å². The molecule has 1 aromatic carbocycles. The first-order valence-corrected chi connectivity index (χ1v) is 8.12. The number of nitrogens with one attached hydrogen (secondary N) is 2. The van der Waals surface area contributed by atoms with Crippen LogP contribution in [0.1, 0.15) is 12.0 Å². The van der Waals surface area contributed by atoms with Crippen LogP contribution in [0.5, 0.6) is 0 Å². The van der Waals surface area contributed by atoms with E-state index in [1.165, 1.54) is 0 Å². The van der Waals surface area contributed by atoms with Crippen molar-refractivity contribution in [2.24, 2.45) is 0 Å². The fraction of sp³-hybridized carbons (Fsp3) is 0.455. The summed E-state index contributed by atoms with van der Waals surface area (Å²) in [6.45, 7) is 1.73. The highest BCUT2D eigenvalue weighted by atomic mass is 35.5. The lowest BCUT2D eigenvalue weighted by Gasteiger charge is -2.07. The Kier molecular flexibility index (Phi) is 6.38. The molecular weight excluding hydrogens is 295 g/mol. The Bertz CT molecular complexity index is 492. The monoisotopic (exact) mass is 310 g/mol. The van der Waals surface area contributed by atoms with E-state index in [0.29, 0.717) is 36.1 Å². The summed E-state index contributed by atoms with van der Waals surface area (Å²) >= 11 is 11.9. The molecule has 0 bridgehead atoms. The number of hydrogen-bond acceptors (Lipinski definition) is 3. The Morgan fingerprint density at radius 3 is 2.61 bits per heavy atom. The molecule has 0 spiro atoms. The van der Waals surface area contributed by atoms with E-state index in [0.717, 1.165) is 11.8 Å². The average Bonchev–Trinajstić information content (AvgIpc) is 2.26. The van der Waals surface area contributed by atoms with Crippen LogP contribution in [-0.2, 0) is 16.6 Å². The van der Waals surface area contributed by atoms with Gasteiger partial charge in [0.05, 0.1) is 6.26 Å². The smallest absolute Gasteiger partial charge is 0.208 e. The Balaban J connectivity index is 2.24. The third kappa shape index (κ3) is 6.56. The summed E-state index contributed by atoms with van der Waals surface area (Å²) in [5.74, 6) is 0. The molecule has 102 valence electrons. The molecule has 1 rings (SSSR count). The van der Waals surface area contributed by atoms with Crippen LogP contribution in [0.15, 0.2) is 18.2 Å². The van der Waals surface area contributed by atoms with Crippen LogP contribution in [-0.4, -0.2) is 27.8 Å². The SMILES string of the molecule is CS(=O)(=O)NCCCNCc1cc(Cl)ccc1Cl. The third-order valence-corrected chi connectivity index (χ3v) is 3.55. The molecule has 1 aromatic rings. The van der Waals surface area contributed by atoms with Crippen LogP contribution in [0.4, 0.5) is 0 Å². The highest BCUT2D eigenvalue weighted by Crippen LogP contribution is 2.20. The van der Waals surface area contributed by atoms with Gasteiger partial charge in [-0.25, -0.2) is 13.1 Å². The van der Waals surface area contributed by atoms with Gasteiger partial charge in [0.15, 0.2) is 0 Å². The molecule has 0 saturated carbocycles. The Hall–Kier alpha value is -0.330. The topological polar surface area (TPSA) is 58.2 Å². The molecule has 0 radical (unpaired) electrons. The molecule has 0 aliphatic heterocycles. The number of hydrogen-bond donors (Lipinski definition) is 2. The molecule has 0 amide bonds. The van der Waals surface area contributed by atoms with Gasteiger partial charge in [-0.2, -0.15) is 0 Å². The van der Waals surface area contributed by atoms with E-state index in [1.54, 1.807) is 12.1 Å². The zero-order chi connectivity index (χ0) is 13.6. The maximum Gasteiger partial charge on any atom is 0.208 e. The van der Waals surface area contributed by atoms with Crippen molar-refractivity contribution in [2.75, 3.05) is 19.3 Å². The van der Waals surface area contributed by atoms with Gasteiger partial charge in [-0.1, -0.05) is 23.2 Å². The second kappa shape index (κ2) is 7.31. The van der Waals surface area contributed by atoms with E-state index in [9.17, 15) is 8.42 Å². The van der Waals surface area contributed by atoms with Gasteiger partial charge in [-0.3, -0.25) is 0 Å². The van der Waals surface area contributed by atoms with Gasteiger partial charge >= 0.3 is 0 Å². The molecule has 0 atom stereocenters. The van der Waals surface area contributed by atoms with Crippen molar-refractivity contribution in [3.05, 3.63) is 33.8 Å². The molecule has 0 aliphatic carbocycles. The summed E-state index contributed by atoms with van der Waals surface area (Å²) in [7, 11) is -3.09. The first-order valence-electron chi connectivity index (χ1n) is 5.48. The summed E-state index contributed by atoms with van der Waals surface area (Å²) < 4.78 is 24.0. The fourth-order valence-corrected chi connectivity index (χ4v) is 2.27. The number of sulfonamides is 1. The second-order valence-electron chi connectivity index (χ2n) is 3.93. The van der Waals surface area contributed by atoms with E-state index < -0.39 is 10.0 Å². The Morgan fingerprint density at radius 1 is 1.22 bits per heavy atom. The van der Waals surface area contributed by atoms with Crippen LogP contribution in [0, 0.1) is 0 Å². The fourth-order valence-electron chi connectivity index (χ4n) is 1.37. The predicted octanol–water partition coefficient (Wildman–Crippen LogP) is 2.02. The standard InChI is InChI=1S/C11H16Cl2N2O2S/c1-18(16,17)15-6-2-5-14-8-9-7-10(12)3-4-11(9)13/h3-4,7,14-15H,2,5-6,8H2,1H3. The van der Waals surface area contributed by atoms with Gasteiger partial charge in [0.1, 0.15) is 0 Å². The van der Waals surface area contributed by atoms with Crippen LogP contribution in [0.3, 0.4) is 0 Å². The van der Waals surface area contributed by atoms with Crippen LogP contribution < -0.4 is 10.0 Å². The van der Waals surface area contributed by atoms with Crippen LogP contribution in [0.25, 0.3) is 0 Å². The molecule has 4 nitrogen and oxygen atoms in total. The minimum Gasteiger partial charge on any atom is -0.313 e.